The summed E-state index contributed by atoms with van der Waals surface area (Å²) in [6.45, 7) is 0. The van der Waals surface area contributed by atoms with Gasteiger partial charge in [0, 0.05) is 18.7 Å². The number of anilines is 1. The monoisotopic (exact) mass is 259 g/mol. The van der Waals surface area contributed by atoms with Gasteiger partial charge in [-0.1, -0.05) is 0 Å². The maximum atomic E-state index is 12.3. The third-order valence-corrected chi connectivity index (χ3v) is 4.42. The van der Waals surface area contributed by atoms with Crippen molar-refractivity contribution in [1.29, 1.82) is 0 Å². The Bertz CT molecular complexity index is 513. The zero-order chi connectivity index (χ0) is 13.6. The van der Waals surface area contributed by atoms with Crippen LogP contribution in [0.15, 0.2) is 24.3 Å². The Labute approximate surface area is 112 Å². The zero-order valence-electron chi connectivity index (χ0n) is 10.9. The van der Waals surface area contributed by atoms with Crippen molar-refractivity contribution in [3.63, 3.8) is 0 Å². The lowest BCUT2D eigenvalue weighted by atomic mass is 10.0. The maximum Gasteiger partial charge on any atom is 0.335 e. The molecule has 4 nitrogen and oxygen atoms in total. The number of rotatable bonds is 3. The molecule has 0 saturated heterocycles. The van der Waals surface area contributed by atoms with Crippen LogP contribution in [0.1, 0.15) is 29.6 Å². The normalized spacial score (nSPS) is 27.7. The van der Waals surface area contributed by atoms with E-state index in [1.807, 2.05) is 0 Å². The molecule has 2 atom stereocenters. The van der Waals surface area contributed by atoms with Gasteiger partial charge in [-0.2, -0.15) is 0 Å². The van der Waals surface area contributed by atoms with Crippen LogP contribution < -0.4 is 4.90 Å². The van der Waals surface area contributed by atoms with E-state index in [1.165, 1.54) is 18.6 Å². The third-order valence-electron chi connectivity index (χ3n) is 4.42. The molecule has 0 aliphatic heterocycles. The summed E-state index contributed by atoms with van der Waals surface area (Å²) in [7, 11) is 1.77. The van der Waals surface area contributed by atoms with Crippen LogP contribution in [0.2, 0.25) is 0 Å². The number of amides is 1. The van der Waals surface area contributed by atoms with Crippen LogP contribution in [0.25, 0.3) is 0 Å². The average Bonchev–Trinajstić information content (AvgIpc) is 3.03. The molecule has 1 aromatic carbocycles. The smallest absolute Gasteiger partial charge is 0.335 e. The van der Waals surface area contributed by atoms with E-state index in [2.05, 4.69) is 0 Å². The SMILES string of the molecule is CN(C(=O)C1CC2CC2C1)c1ccc(C(=O)O)cc1. The summed E-state index contributed by atoms with van der Waals surface area (Å²) in [5, 5.41) is 8.85. The molecule has 2 saturated carbocycles. The molecular formula is C15H17NO3. The number of hydrogen-bond acceptors (Lipinski definition) is 2. The number of hydrogen-bond donors (Lipinski definition) is 1. The highest BCUT2D eigenvalue weighted by atomic mass is 16.4. The van der Waals surface area contributed by atoms with E-state index in [0.717, 1.165) is 30.4 Å². The molecule has 1 N–H and O–H groups in total. The lowest BCUT2D eigenvalue weighted by Crippen LogP contribution is -2.32. The van der Waals surface area contributed by atoms with Crippen molar-refractivity contribution in [2.24, 2.45) is 17.8 Å². The molecule has 0 heterocycles. The summed E-state index contributed by atoms with van der Waals surface area (Å²) in [6, 6.07) is 6.45. The molecule has 0 aromatic heterocycles. The van der Waals surface area contributed by atoms with Gasteiger partial charge in [-0.05, 0) is 55.4 Å². The number of benzene rings is 1. The fourth-order valence-corrected chi connectivity index (χ4v) is 3.15. The molecule has 2 aliphatic rings. The fraction of sp³-hybridized carbons (Fsp3) is 0.467. The largest absolute Gasteiger partial charge is 0.478 e. The van der Waals surface area contributed by atoms with Gasteiger partial charge in [0.15, 0.2) is 0 Å². The van der Waals surface area contributed by atoms with Gasteiger partial charge in [0.25, 0.3) is 0 Å². The van der Waals surface area contributed by atoms with Crippen molar-refractivity contribution in [1.82, 2.24) is 0 Å². The Morgan fingerprint density at radius 3 is 2.21 bits per heavy atom. The van der Waals surface area contributed by atoms with Crippen LogP contribution in [0.4, 0.5) is 5.69 Å². The standard InChI is InChI=1S/C15H17NO3/c1-16(13-4-2-9(3-5-13)15(18)19)14(17)12-7-10-6-11(10)8-12/h2-5,10-12H,6-8H2,1H3,(H,18,19). The van der Waals surface area contributed by atoms with Gasteiger partial charge in [-0.15, -0.1) is 0 Å². The molecule has 1 aromatic rings. The summed E-state index contributed by atoms with van der Waals surface area (Å²) in [5.74, 6) is 0.952. The average molecular weight is 259 g/mol. The van der Waals surface area contributed by atoms with Gasteiger partial charge in [-0.3, -0.25) is 4.79 Å². The van der Waals surface area contributed by atoms with Crippen LogP contribution in [0.3, 0.4) is 0 Å². The first-order valence-corrected chi connectivity index (χ1v) is 6.67. The van der Waals surface area contributed by atoms with Gasteiger partial charge in [0.05, 0.1) is 5.56 Å². The highest BCUT2D eigenvalue weighted by molar-refractivity contribution is 5.95. The zero-order valence-corrected chi connectivity index (χ0v) is 10.9. The molecule has 0 spiro atoms. The summed E-state index contributed by atoms with van der Waals surface area (Å²) < 4.78 is 0. The van der Waals surface area contributed by atoms with Gasteiger partial charge in [-0.25, -0.2) is 4.79 Å². The topological polar surface area (TPSA) is 57.6 Å². The second kappa shape index (κ2) is 4.37. The minimum atomic E-state index is -0.948. The van der Waals surface area contributed by atoms with E-state index >= 15 is 0 Å². The summed E-state index contributed by atoms with van der Waals surface area (Å²) >= 11 is 0. The van der Waals surface area contributed by atoms with Gasteiger partial charge >= 0.3 is 5.97 Å². The predicted octanol–water partition coefficient (Wildman–Crippen LogP) is 2.39. The summed E-state index contributed by atoms with van der Waals surface area (Å²) in [6.07, 6.45) is 3.36. The first-order valence-electron chi connectivity index (χ1n) is 6.67. The van der Waals surface area contributed by atoms with Crippen LogP contribution in [0.5, 0.6) is 0 Å². The highest BCUT2D eigenvalue weighted by Crippen LogP contribution is 2.54. The van der Waals surface area contributed by atoms with E-state index in [9.17, 15) is 9.59 Å². The van der Waals surface area contributed by atoms with Crippen molar-refractivity contribution >= 4 is 17.6 Å². The second-order valence-corrected chi connectivity index (χ2v) is 5.67. The first-order chi connectivity index (χ1) is 9.06. The maximum absolute atomic E-state index is 12.3. The minimum absolute atomic E-state index is 0.160. The molecular weight excluding hydrogens is 242 g/mol. The summed E-state index contributed by atoms with van der Waals surface area (Å²) in [4.78, 5) is 24.8. The van der Waals surface area contributed by atoms with E-state index in [1.54, 1.807) is 24.1 Å². The van der Waals surface area contributed by atoms with E-state index < -0.39 is 5.97 Å². The van der Waals surface area contributed by atoms with E-state index in [-0.39, 0.29) is 17.4 Å². The van der Waals surface area contributed by atoms with Gasteiger partial charge < -0.3 is 10.0 Å². The number of fused-ring (bicyclic) bond motifs is 1. The van der Waals surface area contributed by atoms with Crippen LogP contribution in [-0.4, -0.2) is 24.0 Å². The molecule has 4 heteroatoms. The Balaban J connectivity index is 1.70. The Morgan fingerprint density at radius 1 is 1.11 bits per heavy atom. The Hall–Kier alpha value is -1.84. The molecule has 1 amide bonds. The molecule has 100 valence electrons. The quantitative estimate of drug-likeness (QED) is 0.906. The molecule has 0 radical (unpaired) electrons. The number of carbonyl (C=O) groups is 2. The Morgan fingerprint density at radius 2 is 1.68 bits per heavy atom. The Kier molecular flexibility index (Phi) is 2.81. The predicted molar refractivity (Wildman–Crippen MR) is 71.1 cm³/mol. The van der Waals surface area contributed by atoms with Crippen LogP contribution >= 0.6 is 0 Å². The fourth-order valence-electron chi connectivity index (χ4n) is 3.15. The number of carbonyl (C=O) groups excluding carboxylic acids is 1. The van der Waals surface area contributed by atoms with Gasteiger partial charge in [0.2, 0.25) is 5.91 Å². The minimum Gasteiger partial charge on any atom is -0.478 e. The number of nitrogens with zero attached hydrogens (tertiary/aromatic N) is 1. The summed E-state index contributed by atoms with van der Waals surface area (Å²) in [5.41, 5.74) is 1.00. The first kappa shape index (κ1) is 12.2. The molecule has 0 bridgehead atoms. The van der Waals surface area contributed by atoms with E-state index in [4.69, 9.17) is 5.11 Å². The number of carboxylic acid groups (broad SMARTS) is 1. The molecule has 2 unspecified atom stereocenters. The van der Waals surface area contributed by atoms with Crippen LogP contribution in [0, 0.1) is 17.8 Å². The van der Waals surface area contributed by atoms with Gasteiger partial charge in [0.1, 0.15) is 0 Å². The van der Waals surface area contributed by atoms with Crippen molar-refractivity contribution in [2.45, 2.75) is 19.3 Å². The number of carboxylic acids is 1. The molecule has 2 aliphatic carbocycles. The molecule has 3 rings (SSSR count). The van der Waals surface area contributed by atoms with Crippen molar-refractivity contribution in [3.05, 3.63) is 29.8 Å². The lowest BCUT2D eigenvalue weighted by Gasteiger charge is -2.22. The number of aromatic carboxylic acids is 1. The second-order valence-electron chi connectivity index (χ2n) is 5.67. The third kappa shape index (κ3) is 2.23. The van der Waals surface area contributed by atoms with E-state index in [0.29, 0.717) is 0 Å². The highest BCUT2D eigenvalue weighted by Gasteiger charge is 2.48. The van der Waals surface area contributed by atoms with Crippen molar-refractivity contribution in [2.75, 3.05) is 11.9 Å². The van der Waals surface area contributed by atoms with Crippen LogP contribution in [-0.2, 0) is 4.79 Å². The lowest BCUT2D eigenvalue weighted by molar-refractivity contribution is -0.122. The molecule has 2 fully saturated rings. The van der Waals surface area contributed by atoms with Crippen molar-refractivity contribution < 1.29 is 14.7 Å². The molecule has 19 heavy (non-hydrogen) atoms. The van der Waals surface area contributed by atoms with Crippen molar-refractivity contribution in [3.8, 4) is 0 Å².